The maximum absolute atomic E-state index is 12.9. The summed E-state index contributed by atoms with van der Waals surface area (Å²) in [5.74, 6) is 1.49. The minimum Gasteiger partial charge on any atom is -0.456 e. The van der Waals surface area contributed by atoms with Crippen LogP contribution >= 0.6 is 0 Å². The minimum absolute atomic E-state index is 0.0684. The highest BCUT2D eigenvalue weighted by atomic mass is 16.5. The highest BCUT2D eigenvalue weighted by Gasteiger charge is 2.16. The van der Waals surface area contributed by atoms with Crippen molar-refractivity contribution in [1.82, 2.24) is 30.2 Å². The Labute approximate surface area is 320 Å². The number of nitrogens with one attached hydrogen (secondary N) is 2. The van der Waals surface area contributed by atoms with Gasteiger partial charge in [0.15, 0.2) is 0 Å². The number of rotatable bonds is 9. The fourth-order valence-electron chi connectivity index (χ4n) is 4.94. The molecule has 11 nitrogen and oxygen atoms in total. The molecule has 0 fully saturated rings. The first-order valence-electron chi connectivity index (χ1n) is 18.6. The van der Waals surface area contributed by atoms with Crippen LogP contribution < -0.4 is 15.4 Å². The van der Waals surface area contributed by atoms with Crippen molar-refractivity contribution in [2.75, 3.05) is 18.9 Å². The van der Waals surface area contributed by atoms with Crippen LogP contribution in [0.4, 0.5) is 5.82 Å². The van der Waals surface area contributed by atoms with Crippen LogP contribution in [-0.2, 0) is 24.2 Å². The van der Waals surface area contributed by atoms with Crippen LogP contribution in [0.3, 0.4) is 0 Å². The van der Waals surface area contributed by atoms with E-state index in [1.807, 2.05) is 97.9 Å². The molecule has 3 amide bonds. The first kappa shape index (κ1) is 44.2. The number of amides is 3. The lowest BCUT2D eigenvalue weighted by Crippen LogP contribution is -2.29. The standard InChI is InChI=1S/C28H27N5O3.C9H10N2O.3C2H6/c1-20-12-22(17-29-15-20)27(34)32-16-21-6-5-8-25(13-21)36-26-14-23(18-30-19-26)28(35)33(2)11-9-24-7-3-4-10-31-24;1-6-4-7-2-3-8(12)11-9(7)10-5-6;3*1-2/h3-8,10,12-15,17-19H,9,11,16H2,1-2H3,(H,32,34);4-5H,2-3H2,1H3,(H,10,11,12);3*1-2H3. The van der Waals surface area contributed by atoms with Crippen molar-refractivity contribution in [1.29, 1.82) is 0 Å². The van der Waals surface area contributed by atoms with Gasteiger partial charge in [-0.2, -0.15) is 0 Å². The number of hydrogen-bond donors (Lipinski definition) is 2. The second-order valence-electron chi connectivity index (χ2n) is 11.5. The van der Waals surface area contributed by atoms with E-state index >= 15 is 0 Å². The Kier molecular flexibility index (Phi) is 19.9. The van der Waals surface area contributed by atoms with Crippen LogP contribution in [0.5, 0.6) is 11.5 Å². The third kappa shape index (κ3) is 14.6. The zero-order valence-corrected chi connectivity index (χ0v) is 33.1. The second-order valence-corrected chi connectivity index (χ2v) is 11.5. The molecule has 1 aliphatic rings. The summed E-state index contributed by atoms with van der Waals surface area (Å²) >= 11 is 0. The lowest BCUT2D eigenvalue weighted by atomic mass is 10.1. The molecule has 4 aromatic heterocycles. The molecule has 286 valence electrons. The first-order valence-corrected chi connectivity index (χ1v) is 18.6. The molecule has 0 spiro atoms. The van der Waals surface area contributed by atoms with Crippen molar-refractivity contribution >= 4 is 23.5 Å². The minimum atomic E-state index is -0.194. The van der Waals surface area contributed by atoms with E-state index in [4.69, 9.17) is 4.74 Å². The average molecular weight is 734 g/mol. The Morgan fingerprint density at radius 1 is 0.778 bits per heavy atom. The number of aryl methyl sites for hydroxylation is 3. The summed E-state index contributed by atoms with van der Waals surface area (Å²) in [5, 5.41) is 5.63. The van der Waals surface area contributed by atoms with Crippen molar-refractivity contribution in [2.24, 2.45) is 0 Å². The third-order valence-electron chi connectivity index (χ3n) is 7.44. The molecule has 0 radical (unpaired) electrons. The van der Waals surface area contributed by atoms with Crippen LogP contribution in [0.25, 0.3) is 0 Å². The van der Waals surface area contributed by atoms with E-state index in [1.54, 1.807) is 55.1 Å². The van der Waals surface area contributed by atoms with Crippen LogP contribution in [0.2, 0.25) is 0 Å². The summed E-state index contributed by atoms with van der Waals surface area (Å²) < 4.78 is 5.96. The summed E-state index contributed by atoms with van der Waals surface area (Å²) in [6.07, 6.45) is 11.9. The lowest BCUT2D eigenvalue weighted by Gasteiger charge is -2.17. The Morgan fingerprint density at radius 2 is 1.50 bits per heavy atom. The number of benzene rings is 1. The molecule has 0 aliphatic carbocycles. The number of pyridine rings is 4. The quantitative estimate of drug-likeness (QED) is 0.154. The number of fused-ring (bicyclic) bond motifs is 1. The van der Waals surface area contributed by atoms with E-state index in [0.717, 1.165) is 40.2 Å². The van der Waals surface area contributed by atoms with Gasteiger partial charge in [-0.3, -0.25) is 29.3 Å². The topological polar surface area (TPSA) is 139 Å². The number of carbonyl (C=O) groups is 3. The fourth-order valence-corrected chi connectivity index (χ4v) is 4.94. The molecular weight excluding hydrogens is 679 g/mol. The van der Waals surface area contributed by atoms with Gasteiger partial charge in [-0.05, 0) is 78.9 Å². The molecule has 5 heterocycles. The van der Waals surface area contributed by atoms with Gasteiger partial charge in [0.05, 0.1) is 17.3 Å². The number of ether oxygens (including phenoxy) is 1. The molecule has 0 saturated heterocycles. The molecule has 54 heavy (non-hydrogen) atoms. The summed E-state index contributed by atoms with van der Waals surface area (Å²) in [7, 11) is 1.75. The van der Waals surface area contributed by atoms with Crippen LogP contribution in [0.1, 0.15) is 96.6 Å². The zero-order valence-electron chi connectivity index (χ0n) is 33.1. The van der Waals surface area contributed by atoms with Crippen LogP contribution in [0.15, 0.2) is 97.8 Å². The second kappa shape index (κ2) is 24.3. The Bertz CT molecular complexity index is 1900. The maximum Gasteiger partial charge on any atom is 0.255 e. The maximum atomic E-state index is 12.9. The molecule has 5 aromatic rings. The van der Waals surface area contributed by atoms with Crippen LogP contribution in [-0.4, -0.2) is 56.1 Å². The molecule has 0 atom stereocenters. The van der Waals surface area contributed by atoms with Crippen molar-refractivity contribution in [3.63, 3.8) is 0 Å². The van der Waals surface area contributed by atoms with E-state index < -0.39 is 0 Å². The summed E-state index contributed by atoms with van der Waals surface area (Å²) in [6, 6.07) is 18.7. The van der Waals surface area contributed by atoms with Crippen molar-refractivity contribution in [2.45, 2.75) is 81.2 Å². The van der Waals surface area contributed by atoms with Crippen molar-refractivity contribution in [3.8, 4) is 11.5 Å². The number of likely N-dealkylation sites (N-methyl/N-ethyl adjacent to an activating group) is 1. The van der Waals surface area contributed by atoms with E-state index in [1.165, 1.54) is 6.20 Å². The summed E-state index contributed by atoms with van der Waals surface area (Å²) in [6.45, 7) is 16.8. The normalized spacial score (nSPS) is 10.7. The molecular formula is C43H55N7O4. The molecule has 0 unspecified atom stereocenters. The zero-order chi connectivity index (χ0) is 39.9. The van der Waals surface area contributed by atoms with Gasteiger partial charge in [0.2, 0.25) is 5.91 Å². The summed E-state index contributed by atoms with van der Waals surface area (Å²) in [5.41, 5.74) is 5.97. The SMILES string of the molecule is CC.CC.CC.Cc1cnc2c(c1)CCC(=O)N2.Cc1cncc(C(=O)NCc2cccc(Oc3cncc(C(=O)N(C)CCc4ccccn4)c3)c2)c1. The molecule has 6 rings (SSSR count). The monoisotopic (exact) mass is 733 g/mol. The van der Waals surface area contributed by atoms with E-state index in [-0.39, 0.29) is 17.7 Å². The van der Waals surface area contributed by atoms with Crippen LogP contribution in [0, 0.1) is 13.8 Å². The van der Waals surface area contributed by atoms with Crippen molar-refractivity contribution in [3.05, 3.63) is 137 Å². The van der Waals surface area contributed by atoms with E-state index in [2.05, 4.69) is 36.6 Å². The van der Waals surface area contributed by atoms with Gasteiger partial charge < -0.3 is 20.3 Å². The van der Waals surface area contributed by atoms with Gasteiger partial charge in [0, 0.05) is 69.7 Å². The Balaban J connectivity index is 0.000000465. The first-order chi connectivity index (χ1) is 26.2. The molecule has 0 bridgehead atoms. The van der Waals surface area contributed by atoms with Gasteiger partial charge in [-0.15, -0.1) is 0 Å². The average Bonchev–Trinajstić information content (AvgIpc) is 3.22. The Hall–Kier alpha value is -5.97. The lowest BCUT2D eigenvalue weighted by molar-refractivity contribution is -0.116. The smallest absolute Gasteiger partial charge is 0.255 e. The largest absolute Gasteiger partial charge is 0.456 e. The van der Waals surface area contributed by atoms with Gasteiger partial charge in [-0.25, -0.2) is 4.98 Å². The Morgan fingerprint density at radius 3 is 2.22 bits per heavy atom. The van der Waals surface area contributed by atoms with Crippen molar-refractivity contribution < 1.29 is 19.1 Å². The van der Waals surface area contributed by atoms with E-state index in [9.17, 15) is 14.4 Å². The highest BCUT2D eigenvalue weighted by molar-refractivity contribution is 5.94. The molecule has 11 heteroatoms. The van der Waals surface area contributed by atoms with Gasteiger partial charge in [0.25, 0.3) is 11.8 Å². The number of aromatic nitrogens is 4. The van der Waals surface area contributed by atoms with E-state index in [0.29, 0.717) is 48.6 Å². The highest BCUT2D eigenvalue weighted by Crippen LogP contribution is 2.23. The fraction of sp³-hybridized carbons (Fsp3) is 0.326. The number of anilines is 1. The van der Waals surface area contributed by atoms with Gasteiger partial charge in [-0.1, -0.05) is 65.8 Å². The van der Waals surface area contributed by atoms with Gasteiger partial charge in [0.1, 0.15) is 17.3 Å². The van der Waals surface area contributed by atoms with Gasteiger partial charge >= 0.3 is 0 Å². The molecule has 1 aliphatic heterocycles. The molecule has 1 aromatic carbocycles. The molecule has 2 N–H and O–H groups in total. The third-order valence-corrected chi connectivity index (χ3v) is 7.44. The predicted octanol–water partition coefficient (Wildman–Crippen LogP) is 8.57. The number of carbonyl (C=O) groups excluding carboxylic acids is 3. The molecule has 0 saturated carbocycles. The number of nitrogens with zero attached hydrogens (tertiary/aromatic N) is 5. The predicted molar refractivity (Wildman–Crippen MR) is 216 cm³/mol. The summed E-state index contributed by atoms with van der Waals surface area (Å²) in [4.78, 5) is 54.5. The number of hydrogen-bond acceptors (Lipinski definition) is 8.